The molecule has 1 aromatic rings. The van der Waals surface area contributed by atoms with E-state index in [9.17, 15) is 5.11 Å². The number of alkyl halides is 2. The molecule has 7 atom stereocenters. The first-order valence-electron chi connectivity index (χ1n) is 11.1. The van der Waals surface area contributed by atoms with Crippen molar-refractivity contribution in [1.82, 2.24) is 0 Å². The van der Waals surface area contributed by atoms with Crippen molar-refractivity contribution in [1.29, 1.82) is 0 Å². The molecule has 0 bridgehead atoms. The molecule has 1 N–H and O–H groups in total. The molecule has 0 saturated heterocycles. The highest BCUT2D eigenvalue weighted by Crippen LogP contribution is 2.65. The Hall–Kier alpha value is -0.280. The lowest BCUT2D eigenvalue weighted by Crippen LogP contribution is -2.50. The zero-order chi connectivity index (χ0) is 20.1. The topological polar surface area (TPSA) is 20.2 Å². The summed E-state index contributed by atoms with van der Waals surface area (Å²) in [5.74, 6) is 3.16. The van der Waals surface area contributed by atoms with Crippen LogP contribution in [-0.2, 0) is 6.42 Å². The summed E-state index contributed by atoms with van der Waals surface area (Å²) in [6.07, 6.45) is 7.89. The summed E-state index contributed by atoms with van der Waals surface area (Å²) in [6.45, 7) is 4.71. The molecule has 3 aliphatic carbocycles. The Balaban J connectivity index is 1.72. The van der Waals surface area contributed by atoms with Crippen molar-refractivity contribution in [3.8, 4) is 5.75 Å². The van der Waals surface area contributed by atoms with Crippen LogP contribution < -0.4 is 0 Å². The van der Waals surface area contributed by atoms with E-state index in [0.717, 1.165) is 47.2 Å². The number of fused-ring (bicyclic) bond motifs is 5. The Morgan fingerprint density at radius 1 is 1.25 bits per heavy atom. The number of hydrogen-bond acceptors (Lipinski definition) is 1. The van der Waals surface area contributed by atoms with E-state index in [1.54, 1.807) is 6.07 Å². The molecule has 0 amide bonds. The molecule has 3 aliphatic rings. The van der Waals surface area contributed by atoms with E-state index < -0.39 is 6.17 Å². The second-order valence-corrected chi connectivity index (χ2v) is 11.1. The zero-order valence-electron chi connectivity index (χ0n) is 17.1. The van der Waals surface area contributed by atoms with E-state index >= 15 is 4.39 Å². The standard InChI is InChI=1S/C24H33BrClFO/c1-14-7-9-18-21-15(6-4-3-5-11-26)12-17-16(8-10-20(28)23(17)25)22(21)19(27)13-24(14,18)2/h8,10,14-15,18-19,21-22,28H,3-7,9,11-13H2,1-2H3/t14?,15-,18?,19?,21?,22?,24?/m1/s1. The van der Waals surface area contributed by atoms with Gasteiger partial charge in [-0.25, -0.2) is 4.39 Å². The highest BCUT2D eigenvalue weighted by Gasteiger charge is 2.59. The number of unbranched alkanes of at least 4 members (excludes halogenated alkanes) is 2. The van der Waals surface area contributed by atoms with Gasteiger partial charge in [-0.1, -0.05) is 32.8 Å². The monoisotopic (exact) mass is 470 g/mol. The molecule has 156 valence electrons. The Bertz CT molecular complexity index is 725. The van der Waals surface area contributed by atoms with Gasteiger partial charge in [-0.2, -0.15) is 0 Å². The van der Waals surface area contributed by atoms with Gasteiger partial charge in [-0.05, 0) is 101 Å². The quantitative estimate of drug-likeness (QED) is 0.346. The van der Waals surface area contributed by atoms with Gasteiger partial charge in [0.15, 0.2) is 0 Å². The van der Waals surface area contributed by atoms with Crippen LogP contribution in [-0.4, -0.2) is 17.2 Å². The SMILES string of the molecule is CC1CCC2C3C(c4ccc(O)c(Br)c4C[C@H]3CCCCCCl)C(F)CC12C. The molecular formula is C24H33BrClFO. The number of phenols is 1. The van der Waals surface area contributed by atoms with Crippen LogP contribution in [0.25, 0.3) is 0 Å². The van der Waals surface area contributed by atoms with Gasteiger partial charge < -0.3 is 5.11 Å². The van der Waals surface area contributed by atoms with Crippen LogP contribution >= 0.6 is 27.5 Å². The summed E-state index contributed by atoms with van der Waals surface area (Å²) in [6, 6.07) is 3.75. The zero-order valence-corrected chi connectivity index (χ0v) is 19.4. The average Bonchev–Trinajstić information content (AvgIpc) is 2.96. The first-order valence-corrected chi connectivity index (χ1v) is 12.4. The van der Waals surface area contributed by atoms with Gasteiger partial charge in [-0.15, -0.1) is 11.6 Å². The minimum Gasteiger partial charge on any atom is -0.507 e. The van der Waals surface area contributed by atoms with Crippen LogP contribution in [0.5, 0.6) is 5.75 Å². The molecule has 0 heterocycles. The Kier molecular flexibility index (Phi) is 6.07. The third kappa shape index (κ3) is 3.33. The first-order chi connectivity index (χ1) is 13.4. The molecule has 28 heavy (non-hydrogen) atoms. The van der Waals surface area contributed by atoms with Gasteiger partial charge in [0.25, 0.3) is 0 Å². The molecule has 2 saturated carbocycles. The largest absolute Gasteiger partial charge is 0.507 e. The fraction of sp³-hybridized carbons (Fsp3) is 0.750. The molecule has 6 unspecified atom stereocenters. The fourth-order valence-electron chi connectivity index (χ4n) is 7.02. The molecule has 4 heteroatoms. The van der Waals surface area contributed by atoms with Crippen LogP contribution in [0.3, 0.4) is 0 Å². The predicted molar refractivity (Wildman–Crippen MR) is 118 cm³/mol. The Morgan fingerprint density at radius 3 is 2.79 bits per heavy atom. The molecule has 0 aromatic heterocycles. The van der Waals surface area contributed by atoms with Crippen molar-refractivity contribution in [2.24, 2.45) is 29.1 Å². The van der Waals surface area contributed by atoms with Crippen molar-refractivity contribution < 1.29 is 9.50 Å². The number of benzene rings is 1. The Morgan fingerprint density at radius 2 is 2.04 bits per heavy atom. The van der Waals surface area contributed by atoms with Gasteiger partial charge in [-0.3, -0.25) is 0 Å². The van der Waals surface area contributed by atoms with E-state index in [2.05, 4.69) is 29.8 Å². The third-order valence-electron chi connectivity index (χ3n) is 8.62. The molecule has 1 nitrogen and oxygen atoms in total. The molecule has 0 radical (unpaired) electrons. The van der Waals surface area contributed by atoms with E-state index in [-0.39, 0.29) is 17.1 Å². The maximum atomic E-state index is 15.8. The highest BCUT2D eigenvalue weighted by molar-refractivity contribution is 9.10. The van der Waals surface area contributed by atoms with Crippen molar-refractivity contribution in [2.45, 2.75) is 77.3 Å². The van der Waals surface area contributed by atoms with Crippen molar-refractivity contribution >= 4 is 27.5 Å². The summed E-state index contributed by atoms with van der Waals surface area (Å²) < 4.78 is 16.6. The van der Waals surface area contributed by atoms with Gasteiger partial charge in [0, 0.05) is 11.8 Å². The molecular weight excluding hydrogens is 439 g/mol. The highest BCUT2D eigenvalue weighted by atomic mass is 79.9. The minimum absolute atomic E-state index is 0.0120. The van der Waals surface area contributed by atoms with E-state index in [1.807, 2.05) is 6.07 Å². The second kappa shape index (κ2) is 8.10. The number of aromatic hydroxyl groups is 1. The number of hydrogen-bond donors (Lipinski definition) is 1. The normalized spacial score (nSPS) is 39.3. The Labute approximate surface area is 182 Å². The fourth-order valence-corrected chi connectivity index (χ4v) is 7.73. The van der Waals surface area contributed by atoms with Crippen LogP contribution in [0.1, 0.15) is 75.8 Å². The van der Waals surface area contributed by atoms with Crippen LogP contribution in [0.2, 0.25) is 0 Å². The van der Waals surface area contributed by atoms with Gasteiger partial charge in [0.05, 0.1) is 4.47 Å². The summed E-state index contributed by atoms with van der Waals surface area (Å²) in [5.41, 5.74) is 2.45. The van der Waals surface area contributed by atoms with Crippen LogP contribution in [0.4, 0.5) is 4.39 Å². The van der Waals surface area contributed by atoms with Gasteiger partial charge in [0.1, 0.15) is 11.9 Å². The number of halogens is 3. The van der Waals surface area contributed by atoms with Gasteiger partial charge >= 0.3 is 0 Å². The molecule has 2 fully saturated rings. The summed E-state index contributed by atoms with van der Waals surface area (Å²) in [7, 11) is 0. The number of rotatable bonds is 5. The molecule has 0 spiro atoms. The molecule has 1 aromatic carbocycles. The lowest BCUT2D eigenvalue weighted by atomic mass is 9.50. The number of phenolic OH excluding ortho intramolecular Hbond substituents is 1. The predicted octanol–water partition coefficient (Wildman–Crippen LogP) is 7.62. The van der Waals surface area contributed by atoms with E-state index in [4.69, 9.17) is 11.6 Å². The van der Waals surface area contributed by atoms with Crippen LogP contribution in [0.15, 0.2) is 16.6 Å². The van der Waals surface area contributed by atoms with Crippen molar-refractivity contribution in [3.05, 3.63) is 27.7 Å². The summed E-state index contributed by atoms with van der Waals surface area (Å²) in [5, 5.41) is 10.2. The first kappa shape index (κ1) is 21.0. The third-order valence-corrected chi connectivity index (χ3v) is 9.78. The molecule has 4 rings (SSSR count). The second-order valence-electron chi connectivity index (χ2n) is 9.88. The molecule has 0 aliphatic heterocycles. The van der Waals surface area contributed by atoms with Crippen molar-refractivity contribution in [3.63, 3.8) is 0 Å². The van der Waals surface area contributed by atoms with E-state index in [0.29, 0.717) is 30.1 Å². The van der Waals surface area contributed by atoms with E-state index in [1.165, 1.54) is 19.3 Å². The van der Waals surface area contributed by atoms with Crippen LogP contribution in [0, 0.1) is 29.1 Å². The maximum absolute atomic E-state index is 15.8. The average molecular weight is 472 g/mol. The smallest absolute Gasteiger partial charge is 0.130 e. The minimum atomic E-state index is -0.785. The lowest BCUT2D eigenvalue weighted by molar-refractivity contribution is -0.0421. The lowest BCUT2D eigenvalue weighted by Gasteiger charge is -2.55. The van der Waals surface area contributed by atoms with Gasteiger partial charge in [0.2, 0.25) is 0 Å². The van der Waals surface area contributed by atoms with Crippen molar-refractivity contribution in [2.75, 3.05) is 5.88 Å². The summed E-state index contributed by atoms with van der Waals surface area (Å²) >= 11 is 9.49. The summed E-state index contributed by atoms with van der Waals surface area (Å²) in [4.78, 5) is 0. The maximum Gasteiger partial charge on any atom is 0.130 e.